The number of ketones is 1. The largest absolute Gasteiger partial charge is 0.345 e. The molecule has 0 bridgehead atoms. The van der Waals surface area contributed by atoms with Crippen LogP contribution in [-0.2, 0) is 16.1 Å². The molecule has 0 unspecified atom stereocenters. The molecule has 0 aliphatic rings. The van der Waals surface area contributed by atoms with Gasteiger partial charge in [0.05, 0.1) is 6.54 Å². The minimum absolute atomic E-state index is 0.113. The number of hydrogen-bond donors (Lipinski definition) is 2. The van der Waals surface area contributed by atoms with Gasteiger partial charge >= 0.3 is 0 Å². The first kappa shape index (κ1) is 12.3. The van der Waals surface area contributed by atoms with Crippen molar-refractivity contribution < 1.29 is 14.0 Å². The lowest BCUT2D eigenvalue weighted by atomic mass is 10.1. The zero-order valence-corrected chi connectivity index (χ0v) is 8.92. The number of Topliss-reactive ketones (excluding diaryl/α,β-unsaturated/α-hetero) is 1. The van der Waals surface area contributed by atoms with Gasteiger partial charge in [0.2, 0.25) is 5.78 Å². The highest BCUT2D eigenvalue weighted by molar-refractivity contribution is 6.36. The summed E-state index contributed by atoms with van der Waals surface area (Å²) >= 11 is 0. The standard InChI is InChI=1S/C11H13FN2O2/c1-7-2-3-8(4-9(7)12)6-14-11(16)10(15)5-13/h2-4H,5-6,13H2,1H3,(H,14,16). The maximum absolute atomic E-state index is 13.1. The van der Waals surface area contributed by atoms with Gasteiger partial charge in [0.25, 0.3) is 5.91 Å². The Kier molecular flexibility index (Phi) is 4.13. The lowest BCUT2D eigenvalue weighted by molar-refractivity contribution is -0.137. The predicted molar refractivity (Wildman–Crippen MR) is 57.0 cm³/mol. The van der Waals surface area contributed by atoms with Crippen LogP contribution in [0.4, 0.5) is 4.39 Å². The van der Waals surface area contributed by atoms with Gasteiger partial charge in [-0.2, -0.15) is 0 Å². The SMILES string of the molecule is Cc1ccc(CNC(=O)C(=O)CN)cc1F. The first-order valence-corrected chi connectivity index (χ1v) is 4.80. The van der Waals surface area contributed by atoms with E-state index in [0.717, 1.165) is 0 Å². The van der Waals surface area contributed by atoms with Crippen LogP contribution in [0, 0.1) is 12.7 Å². The first-order chi connectivity index (χ1) is 7.54. The second kappa shape index (κ2) is 5.37. The highest BCUT2D eigenvalue weighted by Gasteiger charge is 2.10. The summed E-state index contributed by atoms with van der Waals surface area (Å²) in [6, 6.07) is 4.62. The highest BCUT2D eigenvalue weighted by atomic mass is 19.1. The van der Waals surface area contributed by atoms with Crippen molar-refractivity contribution in [3.8, 4) is 0 Å². The van der Waals surface area contributed by atoms with Gasteiger partial charge in [-0.05, 0) is 24.1 Å². The molecule has 3 N–H and O–H groups in total. The molecule has 0 saturated heterocycles. The van der Waals surface area contributed by atoms with Crippen molar-refractivity contribution in [2.24, 2.45) is 5.73 Å². The maximum atomic E-state index is 13.1. The molecule has 1 aromatic carbocycles. The van der Waals surface area contributed by atoms with E-state index in [-0.39, 0.29) is 18.9 Å². The highest BCUT2D eigenvalue weighted by Crippen LogP contribution is 2.08. The van der Waals surface area contributed by atoms with Gasteiger partial charge < -0.3 is 11.1 Å². The number of aryl methyl sites for hydroxylation is 1. The number of hydrogen-bond acceptors (Lipinski definition) is 3. The molecule has 0 atom stereocenters. The Morgan fingerprint density at radius 1 is 1.44 bits per heavy atom. The summed E-state index contributed by atoms with van der Waals surface area (Å²) in [5.74, 6) is -1.77. The van der Waals surface area contributed by atoms with Gasteiger partial charge in [-0.3, -0.25) is 9.59 Å². The molecule has 0 radical (unpaired) electrons. The molecule has 0 aliphatic heterocycles. The third kappa shape index (κ3) is 3.13. The normalized spacial score (nSPS) is 9.94. The van der Waals surface area contributed by atoms with Crippen LogP contribution in [0.2, 0.25) is 0 Å². The second-order valence-electron chi connectivity index (χ2n) is 3.39. The Bertz CT molecular complexity index is 418. The minimum atomic E-state index is -0.747. The number of nitrogens with one attached hydrogen (secondary N) is 1. The van der Waals surface area contributed by atoms with Gasteiger partial charge in [0.1, 0.15) is 5.82 Å². The van der Waals surface area contributed by atoms with Crippen molar-refractivity contribution in [3.63, 3.8) is 0 Å². The van der Waals surface area contributed by atoms with Crippen molar-refractivity contribution in [3.05, 3.63) is 35.1 Å². The van der Waals surface area contributed by atoms with Crippen LogP contribution in [0.5, 0.6) is 0 Å². The van der Waals surface area contributed by atoms with Gasteiger partial charge in [-0.15, -0.1) is 0 Å². The zero-order valence-electron chi connectivity index (χ0n) is 8.92. The Labute approximate surface area is 92.6 Å². The molecule has 86 valence electrons. The molecule has 16 heavy (non-hydrogen) atoms. The number of rotatable bonds is 4. The molecule has 0 fully saturated rings. The topological polar surface area (TPSA) is 72.2 Å². The summed E-state index contributed by atoms with van der Waals surface area (Å²) < 4.78 is 13.1. The van der Waals surface area contributed by atoms with Gasteiger partial charge in [0.15, 0.2) is 0 Å². The van der Waals surface area contributed by atoms with E-state index < -0.39 is 11.7 Å². The summed E-state index contributed by atoms with van der Waals surface area (Å²) in [5.41, 5.74) is 6.15. The maximum Gasteiger partial charge on any atom is 0.289 e. The van der Waals surface area contributed by atoms with Crippen LogP contribution in [0.3, 0.4) is 0 Å². The average molecular weight is 224 g/mol. The van der Waals surface area contributed by atoms with Crippen molar-refractivity contribution in [1.82, 2.24) is 5.32 Å². The monoisotopic (exact) mass is 224 g/mol. The van der Waals surface area contributed by atoms with E-state index in [1.54, 1.807) is 19.1 Å². The Morgan fingerprint density at radius 2 is 2.12 bits per heavy atom. The molecule has 1 amide bonds. The summed E-state index contributed by atoms with van der Waals surface area (Å²) in [6.07, 6.45) is 0. The van der Waals surface area contributed by atoms with Crippen LogP contribution in [0.25, 0.3) is 0 Å². The van der Waals surface area contributed by atoms with E-state index in [1.165, 1.54) is 6.07 Å². The number of carbonyl (C=O) groups is 2. The number of benzene rings is 1. The first-order valence-electron chi connectivity index (χ1n) is 4.80. The van der Waals surface area contributed by atoms with Crippen LogP contribution in [0.15, 0.2) is 18.2 Å². The number of nitrogens with two attached hydrogens (primary N) is 1. The molecular formula is C11H13FN2O2. The molecule has 1 rings (SSSR count). The van der Waals surface area contributed by atoms with Gasteiger partial charge in [-0.25, -0.2) is 4.39 Å². The molecular weight excluding hydrogens is 211 g/mol. The smallest absolute Gasteiger partial charge is 0.289 e. The van der Waals surface area contributed by atoms with Gasteiger partial charge in [0, 0.05) is 6.54 Å². The summed E-state index contributed by atoms with van der Waals surface area (Å²) in [6.45, 7) is 1.44. The molecule has 0 aromatic heterocycles. The van der Waals surface area contributed by atoms with Crippen LogP contribution < -0.4 is 11.1 Å². The quantitative estimate of drug-likeness (QED) is 0.721. The van der Waals surface area contributed by atoms with Crippen molar-refractivity contribution in [2.45, 2.75) is 13.5 Å². The Balaban J connectivity index is 2.58. The minimum Gasteiger partial charge on any atom is -0.345 e. The van der Waals surface area contributed by atoms with E-state index in [9.17, 15) is 14.0 Å². The van der Waals surface area contributed by atoms with E-state index in [1.807, 2.05) is 0 Å². The third-order valence-corrected chi connectivity index (χ3v) is 2.13. The molecule has 1 aromatic rings. The van der Waals surface area contributed by atoms with Gasteiger partial charge in [-0.1, -0.05) is 12.1 Å². The fourth-order valence-electron chi connectivity index (χ4n) is 1.12. The summed E-state index contributed by atoms with van der Waals surface area (Å²) in [7, 11) is 0. The van der Waals surface area contributed by atoms with E-state index in [4.69, 9.17) is 5.73 Å². The molecule has 0 aliphatic carbocycles. The zero-order chi connectivity index (χ0) is 12.1. The van der Waals surface area contributed by atoms with Crippen LogP contribution in [-0.4, -0.2) is 18.2 Å². The molecule has 0 saturated carbocycles. The summed E-state index contributed by atoms with van der Waals surface area (Å²) in [5, 5.41) is 2.36. The lowest BCUT2D eigenvalue weighted by Gasteiger charge is -2.04. The number of halogens is 1. The molecule has 0 heterocycles. The van der Waals surface area contributed by atoms with Crippen LogP contribution in [0.1, 0.15) is 11.1 Å². The van der Waals surface area contributed by atoms with E-state index >= 15 is 0 Å². The summed E-state index contributed by atoms with van der Waals surface area (Å²) in [4.78, 5) is 21.9. The molecule has 5 heteroatoms. The fraction of sp³-hybridized carbons (Fsp3) is 0.273. The van der Waals surface area contributed by atoms with E-state index in [2.05, 4.69) is 5.32 Å². The lowest BCUT2D eigenvalue weighted by Crippen LogP contribution is -2.34. The number of amides is 1. The Hall–Kier alpha value is -1.75. The second-order valence-corrected chi connectivity index (χ2v) is 3.39. The molecule has 4 nitrogen and oxygen atoms in total. The number of carbonyl (C=O) groups excluding carboxylic acids is 2. The van der Waals surface area contributed by atoms with Crippen molar-refractivity contribution >= 4 is 11.7 Å². The third-order valence-electron chi connectivity index (χ3n) is 2.13. The average Bonchev–Trinajstić information content (AvgIpc) is 2.29. The van der Waals surface area contributed by atoms with Crippen molar-refractivity contribution in [1.29, 1.82) is 0 Å². The van der Waals surface area contributed by atoms with Crippen LogP contribution >= 0.6 is 0 Å². The van der Waals surface area contributed by atoms with Crippen molar-refractivity contribution in [2.75, 3.05) is 6.54 Å². The van der Waals surface area contributed by atoms with E-state index in [0.29, 0.717) is 11.1 Å². The predicted octanol–water partition coefficient (Wildman–Crippen LogP) is 0.278. The Morgan fingerprint density at radius 3 is 2.69 bits per heavy atom. The fourth-order valence-corrected chi connectivity index (χ4v) is 1.12. The molecule has 0 spiro atoms.